The summed E-state index contributed by atoms with van der Waals surface area (Å²) in [6, 6.07) is -0.0820. The van der Waals surface area contributed by atoms with E-state index < -0.39 is 0 Å². The predicted molar refractivity (Wildman–Crippen MR) is 62.9 cm³/mol. The minimum absolute atomic E-state index is 0.0261. The molecule has 5 heteroatoms. The fraction of sp³-hybridized carbons (Fsp3) is 0.636. The highest BCUT2D eigenvalue weighted by molar-refractivity contribution is 5.81. The second-order valence-electron chi connectivity index (χ2n) is 3.95. The van der Waals surface area contributed by atoms with Crippen molar-refractivity contribution in [3.63, 3.8) is 0 Å². The van der Waals surface area contributed by atoms with Crippen molar-refractivity contribution in [2.45, 2.75) is 32.9 Å². The number of hydrogen-bond donors (Lipinski definition) is 2. The number of likely N-dealkylation sites (N-methyl/N-ethyl adjacent to an activating group) is 1. The Morgan fingerprint density at radius 1 is 1.56 bits per heavy atom. The molecule has 90 valence electrons. The first kappa shape index (κ1) is 12.7. The molecule has 0 bridgehead atoms. The minimum Gasteiger partial charge on any atom is -0.355 e. The first-order chi connectivity index (χ1) is 7.54. The average molecular weight is 224 g/mol. The van der Waals surface area contributed by atoms with Crippen molar-refractivity contribution < 1.29 is 4.79 Å². The van der Waals surface area contributed by atoms with Crippen LogP contribution in [-0.2, 0) is 11.8 Å². The van der Waals surface area contributed by atoms with Crippen LogP contribution in [0.15, 0.2) is 12.4 Å². The number of carbonyl (C=O) groups is 1. The van der Waals surface area contributed by atoms with E-state index in [9.17, 15) is 4.79 Å². The molecule has 2 atom stereocenters. The molecule has 1 rings (SSSR count). The number of hydrogen-bond acceptors (Lipinski definition) is 3. The molecule has 0 aliphatic rings. The fourth-order valence-corrected chi connectivity index (χ4v) is 1.54. The molecule has 0 saturated heterocycles. The lowest BCUT2D eigenvalue weighted by Gasteiger charge is -2.18. The van der Waals surface area contributed by atoms with Gasteiger partial charge in [-0.3, -0.25) is 14.8 Å². The van der Waals surface area contributed by atoms with Gasteiger partial charge in [0.1, 0.15) is 0 Å². The van der Waals surface area contributed by atoms with Crippen LogP contribution in [0.2, 0.25) is 0 Å². The van der Waals surface area contributed by atoms with Crippen LogP contribution in [0.3, 0.4) is 0 Å². The molecule has 0 radical (unpaired) electrons. The number of rotatable bonds is 5. The molecule has 0 fully saturated rings. The van der Waals surface area contributed by atoms with Crippen LogP contribution in [0, 0.1) is 0 Å². The number of carbonyl (C=O) groups excluding carboxylic acids is 1. The smallest absolute Gasteiger partial charge is 0.236 e. The lowest BCUT2D eigenvalue weighted by molar-refractivity contribution is -0.122. The lowest BCUT2D eigenvalue weighted by atomic mass is 10.1. The topological polar surface area (TPSA) is 59.0 Å². The van der Waals surface area contributed by atoms with Gasteiger partial charge in [0.2, 0.25) is 5.91 Å². The molecular formula is C11H20N4O. The quantitative estimate of drug-likeness (QED) is 0.770. The number of aromatic nitrogens is 2. The third kappa shape index (κ3) is 3.34. The van der Waals surface area contributed by atoms with Gasteiger partial charge in [0, 0.05) is 31.4 Å². The Balaban J connectivity index is 2.51. The van der Waals surface area contributed by atoms with Crippen molar-refractivity contribution in [2.75, 3.05) is 6.54 Å². The van der Waals surface area contributed by atoms with Gasteiger partial charge < -0.3 is 5.32 Å². The van der Waals surface area contributed by atoms with Gasteiger partial charge in [-0.1, -0.05) is 0 Å². The number of nitrogens with zero attached hydrogens (tertiary/aromatic N) is 2. The van der Waals surface area contributed by atoms with Crippen LogP contribution in [-0.4, -0.2) is 28.3 Å². The molecule has 1 heterocycles. The SMILES string of the molecule is CCNC(=O)C(C)NC(C)c1cnn(C)c1. The summed E-state index contributed by atoms with van der Waals surface area (Å²) in [5.74, 6) is 0.0261. The highest BCUT2D eigenvalue weighted by Crippen LogP contribution is 2.10. The van der Waals surface area contributed by atoms with Gasteiger partial charge in [-0.2, -0.15) is 5.10 Å². The maximum Gasteiger partial charge on any atom is 0.236 e. The Kier molecular flexibility index (Phi) is 4.49. The second kappa shape index (κ2) is 5.65. The van der Waals surface area contributed by atoms with Gasteiger partial charge in [0.25, 0.3) is 0 Å². The van der Waals surface area contributed by atoms with Crippen molar-refractivity contribution in [1.29, 1.82) is 0 Å². The number of nitrogens with one attached hydrogen (secondary N) is 2. The van der Waals surface area contributed by atoms with Gasteiger partial charge in [-0.15, -0.1) is 0 Å². The summed E-state index contributed by atoms with van der Waals surface area (Å²) in [7, 11) is 1.88. The van der Waals surface area contributed by atoms with E-state index in [0.29, 0.717) is 6.54 Å². The zero-order valence-electron chi connectivity index (χ0n) is 10.3. The Labute approximate surface area is 96.2 Å². The van der Waals surface area contributed by atoms with E-state index in [-0.39, 0.29) is 18.0 Å². The molecule has 0 aliphatic carbocycles. The van der Waals surface area contributed by atoms with E-state index >= 15 is 0 Å². The highest BCUT2D eigenvalue weighted by atomic mass is 16.2. The Bertz CT molecular complexity index is 348. The molecule has 16 heavy (non-hydrogen) atoms. The fourth-order valence-electron chi connectivity index (χ4n) is 1.54. The Hall–Kier alpha value is -1.36. The number of aryl methyl sites for hydroxylation is 1. The second-order valence-corrected chi connectivity index (χ2v) is 3.95. The molecule has 1 amide bonds. The van der Waals surface area contributed by atoms with Gasteiger partial charge >= 0.3 is 0 Å². The zero-order chi connectivity index (χ0) is 12.1. The molecular weight excluding hydrogens is 204 g/mol. The maximum atomic E-state index is 11.5. The first-order valence-corrected chi connectivity index (χ1v) is 5.57. The lowest BCUT2D eigenvalue weighted by Crippen LogP contribution is -2.42. The molecule has 2 N–H and O–H groups in total. The summed E-state index contributed by atoms with van der Waals surface area (Å²) in [4.78, 5) is 11.5. The summed E-state index contributed by atoms with van der Waals surface area (Å²) in [5.41, 5.74) is 1.08. The van der Waals surface area contributed by atoms with Crippen LogP contribution < -0.4 is 10.6 Å². The third-order valence-electron chi connectivity index (χ3n) is 2.47. The molecule has 0 saturated carbocycles. The molecule has 0 aliphatic heterocycles. The molecule has 1 aromatic heterocycles. The molecule has 1 aromatic rings. The average Bonchev–Trinajstić information content (AvgIpc) is 2.65. The van der Waals surface area contributed by atoms with Crippen LogP contribution in [0.5, 0.6) is 0 Å². The monoisotopic (exact) mass is 224 g/mol. The van der Waals surface area contributed by atoms with E-state index in [0.717, 1.165) is 5.56 Å². The van der Waals surface area contributed by atoms with Crippen LogP contribution in [0.25, 0.3) is 0 Å². The predicted octanol–water partition coefficient (Wildman–Crippen LogP) is 0.595. The largest absolute Gasteiger partial charge is 0.355 e. The van der Waals surface area contributed by atoms with E-state index in [2.05, 4.69) is 15.7 Å². The van der Waals surface area contributed by atoms with Gasteiger partial charge in [0.15, 0.2) is 0 Å². The van der Waals surface area contributed by atoms with Crippen molar-refractivity contribution in [1.82, 2.24) is 20.4 Å². The number of amides is 1. The standard InChI is InChI=1S/C11H20N4O/c1-5-12-11(16)9(3)14-8(2)10-6-13-15(4)7-10/h6-9,14H,5H2,1-4H3,(H,12,16). The summed E-state index contributed by atoms with van der Waals surface area (Å²) in [5, 5.41) is 10.1. The van der Waals surface area contributed by atoms with Crippen molar-refractivity contribution in [3.05, 3.63) is 18.0 Å². The Morgan fingerprint density at radius 3 is 2.75 bits per heavy atom. The van der Waals surface area contributed by atoms with Crippen LogP contribution in [0.4, 0.5) is 0 Å². The third-order valence-corrected chi connectivity index (χ3v) is 2.47. The van der Waals surface area contributed by atoms with Gasteiger partial charge in [-0.05, 0) is 20.8 Å². The summed E-state index contributed by atoms with van der Waals surface area (Å²) in [6.07, 6.45) is 3.75. The van der Waals surface area contributed by atoms with E-state index in [4.69, 9.17) is 0 Å². The van der Waals surface area contributed by atoms with Crippen LogP contribution in [0.1, 0.15) is 32.4 Å². The Morgan fingerprint density at radius 2 is 2.25 bits per heavy atom. The van der Waals surface area contributed by atoms with Gasteiger partial charge in [-0.25, -0.2) is 0 Å². The van der Waals surface area contributed by atoms with Crippen molar-refractivity contribution in [3.8, 4) is 0 Å². The van der Waals surface area contributed by atoms with Crippen molar-refractivity contribution >= 4 is 5.91 Å². The molecule has 0 aromatic carbocycles. The van der Waals surface area contributed by atoms with Crippen LogP contribution >= 0.6 is 0 Å². The summed E-state index contributed by atoms with van der Waals surface area (Å²) in [6.45, 7) is 6.45. The normalized spacial score (nSPS) is 14.5. The molecule has 0 spiro atoms. The van der Waals surface area contributed by atoms with E-state index in [1.807, 2.05) is 40.2 Å². The van der Waals surface area contributed by atoms with E-state index in [1.165, 1.54) is 0 Å². The summed E-state index contributed by atoms with van der Waals surface area (Å²) >= 11 is 0. The maximum absolute atomic E-state index is 11.5. The summed E-state index contributed by atoms with van der Waals surface area (Å²) < 4.78 is 1.75. The van der Waals surface area contributed by atoms with Gasteiger partial charge in [0.05, 0.1) is 12.2 Å². The first-order valence-electron chi connectivity index (χ1n) is 5.57. The zero-order valence-corrected chi connectivity index (χ0v) is 10.3. The molecule has 5 nitrogen and oxygen atoms in total. The van der Waals surface area contributed by atoms with E-state index in [1.54, 1.807) is 4.68 Å². The minimum atomic E-state index is -0.199. The molecule has 2 unspecified atom stereocenters. The highest BCUT2D eigenvalue weighted by Gasteiger charge is 2.15. The van der Waals surface area contributed by atoms with Crippen molar-refractivity contribution in [2.24, 2.45) is 7.05 Å².